The monoisotopic (exact) mass is 341 g/mol. The van der Waals surface area contributed by atoms with E-state index in [0.717, 1.165) is 56.4 Å². The predicted octanol–water partition coefficient (Wildman–Crippen LogP) is 3.43. The average Bonchev–Trinajstić information content (AvgIpc) is 3.09. The predicted molar refractivity (Wildman–Crippen MR) is 105 cm³/mol. The van der Waals surface area contributed by atoms with E-state index in [2.05, 4.69) is 65.7 Å². The van der Waals surface area contributed by atoms with Crippen LogP contribution in [0.25, 0.3) is 11.0 Å². The second-order valence-electron chi connectivity index (χ2n) is 7.72. The van der Waals surface area contributed by atoms with Gasteiger partial charge >= 0.3 is 0 Å². The van der Waals surface area contributed by atoms with Crippen molar-refractivity contribution in [2.45, 2.75) is 47.1 Å². The van der Waals surface area contributed by atoms with Crippen LogP contribution in [-0.4, -0.2) is 46.6 Å². The second kappa shape index (κ2) is 7.46. The lowest BCUT2D eigenvalue weighted by Gasteiger charge is -2.23. The summed E-state index contributed by atoms with van der Waals surface area (Å²) in [6.45, 7) is 13.8. The van der Waals surface area contributed by atoms with Crippen LogP contribution in [0.3, 0.4) is 0 Å². The first-order valence-corrected chi connectivity index (χ1v) is 9.45. The molecular formula is C20H31N5. The number of nitrogens with zero attached hydrogens (tertiary/aromatic N) is 4. The number of aryl methyl sites for hydroxylation is 2. The fourth-order valence-electron chi connectivity index (χ4n) is 3.61. The summed E-state index contributed by atoms with van der Waals surface area (Å²) < 4.78 is 2.30. The maximum absolute atomic E-state index is 4.87. The zero-order valence-corrected chi connectivity index (χ0v) is 16.0. The molecule has 0 saturated carbocycles. The van der Waals surface area contributed by atoms with E-state index in [0.29, 0.717) is 5.41 Å². The van der Waals surface area contributed by atoms with E-state index in [9.17, 15) is 0 Å². The minimum absolute atomic E-state index is 0.392. The Kier molecular flexibility index (Phi) is 5.30. The second-order valence-corrected chi connectivity index (χ2v) is 7.72. The number of likely N-dealkylation sites (tertiary alicyclic amines) is 1. The van der Waals surface area contributed by atoms with Gasteiger partial charge in [-0.1, -0.05) is 26.0 Å². The van der Waals surface area contributed by atoms with E-state index in [1.54, 1.807) is 0 Å². The van der Waals surface area contributed by atoms with Crippen LogP contribution in [0.2, 0.25) is 0 Å². The summed E-state index contributed by atoms with van der Waals surface area (Å²) in [5.41, 5.74) is 2.69. The Labute approximate surface area is 151 Å². The van der Waals surface area contributed by atoms with Gasteiger partial charge < -0.3 is 14.8 Å². The Morgan fingerprint density at radius 3 is 2.84 bits per heavy atom. The molecule has 136 valence electrons. The van der Waals surface area contributed by atoms with Crippen molar-refractivity contribution in [2.24, 2.45) is 10.4 Å². The summed E-state index contributed by atoms with van der Waals surface area (Å²) in [5.74, 6) is 2.15. The number of benzene rings is 1. The summed E-state index contributed by atoms with van der Waals surface area (Å²) in [6, 6.07) is 8.35. The number of aromatic nitrogens is 2. The van der Waals surface area contributed by atoms with E-state index in [-0.39, 0.29) is 0 Å². The molecule has 0 spiro atoms. The zero-order chi connectivity index (χ0) is 17.9. The Morgan fingerprint density at radius 2 is 2.12 bits per heavy atom. The molecule has 0 atom stereocenters. The van der Waals surface area contributed by atoms with E-state index in [1.807, 2.05) is 6.07 Å². The van der Waals surface area contributed by atoms with Gasteiger partial charge in [-0.3, -0.25) is 4.99 Å². The molecule has 2 aromatic rings. The lowest BCUT2D eigenvalue weighted by atomic mass is 9.93. The summed E-state index contributed by atoms with van der Waals surface area (Å²) in [7, 11) is 0. The van der Waals surface area contributed by atoms with Crippen LogP contribution in [0.4, 0.5) is 0 Å². The molecule has 1 aliphatic rings. The highest BCUT2D eigenvalue weighted by Gasteiger charge is 2.30. The number of para-hydroxylation sites is 2. The third kappa shape index (κ3) is 4.14. The molecule has 0 bridgehead atoms. The Balaban J connectivity index is 1.61. The van der Waals surface area contributed by atoms with Gasteiger partial charge in [-0.15, -0.1) is 0 Å². The van der Waals surface area contributed by atoms with Gasteiger partial charge in [0.15, 0.2) is 5.96 Å². The number of hydrogen-bond acceptors (Lipinski definition) is 2. The number of hydrogen-bond donors (Lipinski definition) is 1. The first-order chi connectivity index (χ1) is 12.0. The molecule has 1 aromatic heterocycles. The van der Waals surface area contributed by atoms with E-state index < -0.39 is 0 Å². The van der Waals surface area contributed by atoms with Gasteiger partial charge in [0.05, 0.1) is 11.0 Å². The molecule has 1 aliphatic heterocycles. The molecule has 5 nitrogen and oxygen atoms in total. The number of aliphatic imine (C=N–C) groups is 1. The van der Waals surface area contributed by atoms with Crippen molar-refractivity contribution < 1.29 is 0 Å². The van der Waals surface area contributed by atoms with Crippen molar-refractivity contribution in [3.8, 4) is 0 Å². The third-order valence-corrected chi connectivity index (χ3v) is 4.96. The number of fused-ring (bicyclic) bond motifs is 1. The van der Waals surface area contributed by atoms with Crippen LogP contribution in [0.15, 0.2) is 29.3 Å². The lowest BCUT2D eigenvalue weighted by Crippen LogP contribution is -2.40. The SMILES string of the molecule is CCNC(=NCCCn1c(C)nc2ccccc21)N1CCC(C)(C)C1. The van der Waals surface area contributed by atoms with Gasteiger partial charge in [-0.2, -0.15) is 0 Å². The van der Waals surface area contributed by atoms with Crippen LogP contribution < -0.4 is 5.32 Å². The highest BCUT2D eigenvalue weighted by atomic mass is 15.3. The minimum atomic E-state index is 0.392. The first-order valence-electron chi connectivity index (χ1n) is 9.45. The molecule has 5 heteroatoms. The summed E-state index contributed by atoms with van der Waals surface area (Å²) in [4.78, 5) is 11.9. The Morgan fingerprint density at radius 1 is 1.32 bits per heavy atom. The lowest BCUT2D eigenvalue weighted by molar-refractivity contribution is 0.370. The Hall–Kier alpha value is -2.04. The van der Waals surface area contributed by atoms with Crippen LogP contribution in [-0.2, 0) is 6.54 Å². The summed E-state index contributed by atoms with van der Waals surface area (Å²) >= 11 is 0. The van der Waals surface area contributed by atoms with Gasteiger partial charge in [-0.25, -0.2) is 4.98 Å². The molecule has 1 N–H and O–H groups in total. The number of nitrogens with one attached hydrogen (secondary N) is 1. The molecule has 25 heavy (non-hydrogen) atoms. The smallest absolute Gasteiger partial charge is 0.193 e. The average molecular weight is 342 g/mol. The largest absolute Gasteiger partial charge is 0.357 e. The van der Waals surface area contributed by atoms with Crippen LogP contribution in [0, 0.1) is 12.3 Å². The first kappa shape index (κ1) is 17.8. The number of rotatable bonds is 5. The van der Waals surface area contributed by atoms with E-state index in [1.165, 1.54) is 11.9 Å². The summed E-state index contributed by atoms with van der Waals surface area (Å²) in [6.07, 6.45) is 2.25. The number of imidazole rings is 1. The van der Waals surface area contributed by atoms with Crippen molar-refractivity contribution in [2.75, 3.05) is 26.2 Å². The summed E-state index contributed by atoms with van der Waals surface area (Å²) in [5, 5.41) is 3.45. The molecule has 0 aliphatic carbocycles. The van der Waals surface area contributed by atoms with Crippen molar-refractivity contribution >= 4 is 17.0 Å². The standard InChI is InChI=1S/C20H31N5/c1-5-21-19(24-14-11-20(3,4)15-24)22-12-8-13-25-16(2)23-17-9-6-7-10-18(17)25/h6-7,9-10H,5,8,11-15H2,1-4H3,(H,21,22). The van der Waals surface area contributed by atoms with Gasteiger partial charge in [0.25, 0.3) is 0 Å². The van der Waals surface area contributed by atoms with Gasteiger partial charge in [0.1, 0.15) is 5.82 Å². The number of guanidine groups is 1. The molecule has 1 saturated heterocycles. The maximum atomic E-state index is 4.87. The van der Waals surface area contributed by atoms with Crippen molar-refractivity contribution in [3.63, 3.8) is 0 Å². The van der Waals surface area contributed by atoms with Crippen molar-refractivity contribution in [1.29, 1.82) is 0 Å². The molecule has 1 aromatic carbocycles. The highest BCUT2D eigenvalue weighted by Crippen LogP contribution is 2.28. The highest BCUT2D eigenvalue weighted by molar-refractivity contribution is 5.80. The fraction of sp³-hybridized carbons (Fsp3) is 0.600. The van der Waals surface area contributed by atoms with Gasteiger partial charge in [0, 0.05) is 32.7 Å². The topological polar surface area (TPSA) is 45.5 Å². The third-order valence-electron chi connectivity index (χ3n) is 4.96. The maximum Gasteiger partial charge on any atom is 0.193 e. The van der Waals surface area contributed by atoms with Crippen LogP contribution in [0.5, 0.6) is 0 Å². The molecule has 1 fully saturated rings. The van der Waals surface area contributed by atoms with E-state index in [4.69, 9.17) is 4.99 Å². The fourth-order valence-corrected chi connectivity index (χ4v) is 3.61. The zero-order valence-electron chi connectivity index (χ0n) is 16.0. The molecule has 3 rings (SSSR count). The molecule has 0 radical (unpaired) electrons. The molecule has 0 amide bonds. The van der Waals surface area contributed by atoms with Crippen molar-refractivity contribution in [3.05, 3.63) is 30.1 Å². The molecule has 2 heterocycles. The normalized spacial score (nSPS) is 17.4. The minimum Gasteiger partial charge on any atom is -0.357 e. The molecule has 0 unspecified atom stereocenters. The van der Waals surface area contributed by atoms with E-state index >= 15 is 0 Å². The molecular weight excluding hydrogens is 310 g/mol. The van der Waals surface area contributed by atoms with Crippen LogP contribution in [0.1, 0.15) is 39.4 Å². The Bertz CT molecular complexity index is 744. The quantitative estimate of drug-likeness (QED) is 0.515. The van der Waals surface area contributed by atoms with Gasteiger partial charge in [-0.05, 0) is 44.2 Å². The van der Waals surface area contributed by atoms with Crippen molar-refractivity contribution in [1.82, 2.24) is 19.8 Å². The van der Waals surface area contributed by atoms with Crippen LogP contribution >= 0.6 is 0 Å². The van der Waals surface area contributed by atoms with Gasteiger partial charge in [0.2, 0.25) is 0 Å².